The highest BCUT2D eigenvalue weighted by molar-refractivity contribution is 5.35. The molecule has 0 amide bonds. The molecule has 0 aliphatic heterocycles. The lowest BCUT2D eigenvalue weighted by Gasteiger charge is -2.26. The zero-order chi connectivity index (χ0) is 14.5. The average Bonchev–Trinajstić information content (AvgIpc) is 2.32. The maximum Gasteiger partial charge on any atom is 0.0323 e. The summed E-state index contributed by atoms with van der Waals surface area (Å²) >= 11 is 0. The minimum absolute atomic E-state index is 0.407. The van der Waals surface area contributed by atoms with E-state index in [9.17, 15) is 0 Å². The number of aryl methyl sites for hydroxylation is 1. The van der Waals surface area contributed by atoms with Crippen molar-refractivity contribution in [3.05, 3.63) is 34.9 Å². The van der Waals surface area contributed by atoms with Crippen LogP contribution < -0.4 is 5.32 Å². The molecule has 1 aromatic carbocycles. The van der Waals surface area contributed by atoms with Gasteiger partial charge in [-0.05, 0) is 61.8 Å². The first-order valence-corrected chi connectivity index (χ1v) is 7.64. The van der Waals surface area contributed by atoms with E-state index in [0.717, 1.165) is 6.54 Å². The van der Waals surface area contributed by atoms with Gasteiger partial charge in [0.15, 0.2) is 0 Å². The maximum atomic E-state index is 3.73. The van der Waals surface area contributed by atoms with Crippen LogP contribution in [0.15, 0.2) is 18.2 Å². The molecule has 0 aromatic heterocycles. The van der Waals surface area contributed by atoms with Crippen LogP contribution in [-0.4, -0.2) is 6.54 Å². The summed E-state index contributed by atoms with van der Waals surface area (Å²) in [6, 6.07) is 7.19. The van der Waals surface area contributed by atoms with Crippen LogP contribution in [0, 0.1) is 19.3 Å². The fourth-order valence-electron chi connectivity index (χ4n) is 2.41. The molecule has 0 fully saturated rings. The molecule has 0 saturated heterocycles. The minimum Gasteiger partial charge on any atom is -0.310 e. The van der Waals surface area contributed by atoms with Gasteiger partial charge in [-0.2, -0.15) is 0 Å². The molecule has 0 aliphatic carbocycles. The summed E-state index contributed by atoms with van der Waals surface area (Å²) in [4.78, 5) is 0. The summed E-state index contributed by atoms with van der Waals surface area (Å²) in [5.74, 6) is 0. The van der Waals surface area contributed by atoms with Crippen molar-refractivity contribution in [2.24, 2.45) is 5.41 Å². The van der Waals surface area contributed by atoms with E-state index in [1.807, 2.05) is 0 Å². The third-order valence-corrected chi connectivity index (χ3v) is 3.85. The number of hydrogen-bond acceptors (Lipinski definition) is 1. The molecule has 0 radical (unpaired) electrons. The molecule has 1 atom stereocenters. The van der Waals surface area contributed by atoms with E-state index < -0.39 is 0 Å². The van der Waals surface area contributed by atoms with Gasteiger partial charge >= 0.3 is 0 Å². The van der Waals surface area contributed by atoms with Crippen molar-refractivity contribution in [1.82, 2.24) is 5.32 Å². The second-order valence-corrected chi connectivity index (χ2v) is 6.90. The van der Waals surface area contributed by atoms with Gasteiger partial charge in [0.25, 0.3) is 0 Å². The van der Waals surface area contributed by atoms with Gasteiger partial charge in [0.2, 0.25) is 0 Å². The molecule has 108 valence electrons. The monoisotopic (exact) mass is 261 g/mol. The summed E-state index contributed by atoms with van der Waals surface area (Å²) in [6.45, 7) is 14.8. The Bertz CT molecular complexity index is 387. The van der Waals surface area contributed by atoms with Gasteiger partial charge in [0, 0.05) is 6.04 Å². The Morgan fingerprint density at radius 2 is 1.84 bits per heavy atom. The van der Waals surface area contributed by atoms with E-state index in [1.165, 1.54) is 36.0 Å². The fraction of sp³-hybridized carbons (Fsp3) is 0.667. The SMILES string of the molecule is CCCNC(CCC(C)(C)C)c1cccc(C)c1C. The van der Waals surface area contributed by atoms with Gasteiger partial charge in [0.1, 0.15) is 0 Å². The van der Waals surface area contributed by atoms with Crippen molar-refractivity contribution in [3.8, 4) is 0 Å². The highest BCUT2D eigenvalue weighted by Crippen LogP contribution is 2.29. The van der Waals surface area contributed by atoms with E-state index in [4.69, 9.17) is 0 Å². The van der Waals surface area contributed by atoms with Crippen LogP contribution in [-0.2, 0) is 0 Å². The third-order valence-electron chi connectivity index (χ3n) is 3.85. The highest BCUT2D eigenvalue weighted by atomic mass is 14.9. The van der Waals surface area contributed by atoms with Crippen molar-refractivity contribution in [2.75, 3.05) is 6.54 Å². The summed E-state index contributed by atoms with van der Waals surface area (Å²) < 4.78 is 0. The molecule has 1 rings (SSSR count). The van der Waals surface area contributed by atoms with E-state index in [2.05, 4.69) is 65.1 Å². The molecule has 0 saturated carbocycles. The predicted octanol–water partition coefficient (Wildman–Crippen LogP) is 5.17. The molecule has 0 bridgehead atoms. The number of benzene rings is 1. The van der Waals surface area contributed by atoms with E-state index in [1.54, 1.807) is 0 Å². The number of nitrogens with one attached hydrogen (secondary N) is 1. The molecule has 1 unspecified atom stereocenters. The Morgan fingerprint density at radius 1 is 1.16 bits per heavy atom. The maximum absolute atomic E-state index is 3.73. The van der Waals surface area contributed by atoms with Crippen molar-refractivity contribution in [2.45, 2.75) is 66.8 Å². The van der Waals surface area contributed by atoms with Gasteiger partial charge in [-0.15, -0.1) is 0 Å². The summed E-state index contributed by atoms with van der Waals surface area (Å²) in [7, 11) is 0. The number of hydrogen-bond donors (Lipinski definition) is 1. The Kier molecular flexibility index (Phi) is 6.06. The molecule has 1 aromatic rings. The molecule has 0 spiro atoms. The summed E-state index contributed by atoms with van der Waals surface area (Å²) in [5, 5.41) is 3.73. The Hall–Kier alpha value is -0.820. The first-order chi connectivity index (χ1) is 8.85. The van der Waals surface area contributed by atoms with Gasteiger partial charge in [0.05, 0.1) is 0 Å². The Labute approximate surface area is 119 Å². The highest BCUT2D eigenvalue weighted by Gasteiger charge is 2.18. The van der Waals surface area contributed by atoms with Gasteiger partial charge in [-0.25, -0.2) is 0 Å². The van der Waals surface area contributed by atoms with Gasteiger partial charge in [-0.1, -0.05) is 45.9 Å². The van der Waals surface area contributed by atoms with Gasteiger partial charge in [-0.3, -0.25) is 0 Å². The molecule has 1 nitrogen and oxygen atoms in total. The van der Waals surface area contributed by atoms with E-state index in [0.29, 0.717) is 11.5 Å². The smallest absolute Gasteiger partial charge is 0.0323 e. The van der Waals surface area contributed by atoms with Crippen LogP contribution in [0.2, 0.25) is 0 Å². The summed E-state index contributed by atoms with van der Waals surface area (Å²) in [5.41, 5.74) is 4.74. The molecule has 1 heteroatoms. The summed E-state index contributed by atoms with van der Waals surface area (Å²) in [6.07, 6.45) is 3.66. The van der Waals surface area contributed by atoms with E-state index in [-0.39, 0.29) is 0 Å². The molecule has 0 heterocycles. The Balaban J connectivity index is 2.86. The lowest BCUT2D eigenvalue weighted by atomic mass is 9.86. The van der Waals surface area contributed by atoms with Crippen LogP contribution in [0.4, 0.5) is 0 Å². The van der Waals surface area contributed by atoms with Crippen LogP contribution >= 0.6 is 0 Å². The quantitative estimate of drug-likeness (QED) is 0.745. The predicted molar refractivity (Wildman–Crippen MR) is 85.6 cm³/mol. The fourth-order valence-corrected chi connectivity index (χ4v) is 2.41. The van der Waals surface area contributed by atoms with Crippen LogP contribution in [0.1, 0.15) is 69.7 Å². The minimum atomic E-state index is 0.407. The second kappa shape index (κ2) is 7.09. The van der Waals surface area contributed by atoms with Crippen LogP contribution in [0.3, 0.4) is 0 Å². The van der Waals surface area contributed by atoms with Crippen molar-refractivity contribution >= 4 is 0 Å². The lowest BCUT2D eigenvalue weighted by Crippen LogP contribution is -2.24. The number of rotatable bonds is 6. The second-order valence-electron chi connectivity index (χ2n) is 6.90. The standard InChI is InChI=1S/C18H31N/c1-7-13-19-17(11-12-18(4,5)6)16-10-8-9-14(2)15(16)3/h8-10,17,19H,7,11-13H2,1-6H3. The topological polar surface area (TPSA) is 12.0 Å². The van der Waals surface area contributed by atoms with E-state index >= 15 is 0 Å². The third kappa shape index (κ3) is 5.36. The van der Waals surface area contributed by atoms with Crippen molar-refractivity contribution < 1.29 is 0 Å². The van der Waals surface area contributed by atoms with Crippen LogP contribution in [0.25, 0.3) is 0 Å². The normalized spacial score (nSPS) is 13.6. The molecular weight excluding hydrogens is 230 g/mol. The first kappa shape index (κ1) is 16.2. The van der Waals surface area contributed by atoms with Crippen LogP contribution in [0.5, 0.6) is 0 Å². The van der Waals surface area contributed by atoms with Crippen molar-refractivity contribution in [1.29, 1.82) is 0 Å². The zero-order valence-electron chi connectivity index (χ0n) is 13.6. The Morgan fingerprint density at radius 3 is 2.42 bits per heavy atom. The zero-order valence-corrected chi connectivity index (χ0v) is 13.6. The van der Waals surface area contributed by atoms with Gasteiger partial charge < -0.3 is 5.32 Å². The molecular formula is C18H31N. The average molecular weight is 261 g/mol. The lowest BCUT2D eigenvalue weighted by molar-refractivity contribution is 0.331. The largest absolute Gasteiger partial charge is 0.310 e. The molecule has 0 aliphatic rings. The molecule has 19 heavy (non-hydrogen) atoms. The molecule has 1 N–H and O–H groups in total. The first-order valence-electron chi connectivity index (χ1n) is 7.64. The van der Waals surface area contributed by atoms with Crippen molar-refractivity contribution in [3.63, 3.8) is 0 Å².